The van der Waals surface area contributed by atoms with Gasteiger partial charge < -0.3 is 5.32 Å². The molecule has 1 atom stereocenters. The van der Waals surface area contributed by atoms with Crippen LogP contribution in [0.25, 0.3) is 0 Å². The van der Waals surface area contributed by atoms with Crippen molar-refractivity contribution in [2.45, 2.75) is 37.8 Å². The van der Waals surface area contributed by atoms with Crippen molar-refractivity contribution in [3.8, 4) is 0 Å². The maximum atomic E-state index is 6.24. The maximum absolute atomic E-state index is 6.24. The van der Waals surface area contributed by atoms with E-state index in [9.17, 15) is 0 Å². The molecule has 1 saturated carbocycles. The number of hydrogen-bond acceptors (Lipinski definition) is 3. The Labute approximate surface area is 122 Å². The minimum absolute atomic E-state index is 0.345. The maximum Gasteiger partial charge on any atom is 0.109 e. The van der Waals surface area contributed by atoms with Crippen LogP contribution in [-0.4, -0.2) is 11.0 Å². The zero-order valence-corrected chi connectivity index (χ0v) is 12.4. The van der Waals surface area contributed by atoms with Crippen LogP contribution in [0, 0.1) is 0 Å². The van der Waals surface area contributed by atoms with Crippen molar-refractivity contribution in [2.24, 2.45) is 0 Å². The fourth-order valence-electron chi connectivity index (χ4n) is 2.69. The summed E-state index contributed by atoms with van der Waals surface area (Å²) in [7, 11) is 0. The summed E-state index contributed by atoms with van der Waals surface area (Å²) < 4.78 is 0. The Morgan fingerprint density at radius 2 is 2.16 bits per heavy atom. The number of nitrogens with one attached hydrogen (secondary N) is 1. The fourth-order valence-corrected chi connectivity index (χ4v) is 3.63. The third kappa shape index (κ3) is 2.83. The summed E-state index contributed by atoms with van der Waals surface area (Å²) in [6.45, 7) is 2.18. The van der Waals surface area contributed by atoms with E-state index in [0.717, 1.165) is 5.02 Å². The van der Waals surface area contributed by atoms with Gasteiger partial charge in [0.2, 0.25) is 0 Å². The van der Waals surface area contributed by atoms with Gasteiger partial charge in [-0.2, -0.15) is 0 Å². The Bertz CT molecular complexity index is 535. The van der Waals surface area contributed by atoms with Gasteiger partial charge in [0.05, 0.1) is 6.04 Å². The molecule has 1 aliphatic rings. The molecule has 1 aromatic carbocycles. The van der Waals surface area contributed by atoms with Crippen LogP contribution in [0.4, 0.5) is 0 Å². The van der Waals surface area contributed by atoms with Crippen molar-refractivity contribution in [2.75, 3.05) is 0 Å². The fraction of sp³-hybridized carbons (Fsp3) is 0.400. The molecule has 19 heavy (non-hydrogen) atoms. The molecule has 2 nitrogen and oxygen atoms in total. The van der Waals surface area contributed by atoms with Crippen LogP contribution in [-0.2, 0) is 0 Å². The van der Waals surface area contributed by atoms with E-state index in [1.54, 1.807) is 11.3 Å². The molecule has 0 bridgehead atoms. The van der Waals surface area contributed by atoms with Crippen molar-refractivity contribution in [1.29, 1.82) is 0 Å². The van der Waals surface area contributed by atoms with Gasteiger partial charge in [-0.1, -0.05) is 29.8 Å². The number of nitrogens with zero attached hydrogens (tertiary/aromatic N) is 1. The molecule has 100 valence electrons. The summed E-state index contributed by atoms with van der Waals surface area (Å²) in [6, 6.07) is 9.12. The largest absolute Gasteiger partial charge is 0.305 e. The van der Waals surface area contributed by atoms with E-state index in [1.807, 2.05) is 23.7 Å². The first-order valence-electron chi connectivity index (χ1n) is 6.64. The molecule has 1 N–H and O–H groups in total. The molecule has 0 aliphatic heterocycles. The van der Waals surface area contributed by atoms with Crippen LogP contribution in [0.5, 0.6) is 0 Å². The summed E-state index contributed by atoms with van der Waals surface area (Å²) in [5, 5.41) is 7.74. The molecule has 1 aliphatic carbocycles. The highest BCUT2D eigenvalue weighted by Crippen LogP contribution is 2.40. The van der Waals surface area contributed by atoms with E-state index < -0.39 is 0 Å². The van der Waals surface area contributed by atoms with Gasteiger partial charge >= 0.3 is 0 Å². The predicted octanol–water partition coefficient (Wildman–Crippen LogP) is 4.39. The van der Waals surface area contributed by atoms with E-state index in [0.29, 0.717) is 18.0 Å². The first-order valence-corrected chi connectivity index (χ1v) is 7.89. The Balaban J connectivity index is 1.55. The van der Waals surface area contributed by atoms with E-state index in [1.165, 1.54) is 23.4 Å². The molecular weight excluding hydrogens is 276 g/mol. The van der Waals surface area contributed by atoms with E-state index in [-0.39, 0.29) is 0 Å². The van der Waals surface area contributed by atoms with Crippen LogP contribution in [0.15, 0.2) is 35.8 Å². The van der Waals surface area contributed by atoms with Crippen molar-refractivity contribution in [3.63, 3.8) is 0 Å². The van der Waals surface area contributed by atoms with Gasteiger partial charge in [0.25, 0.3) is 0 Å². The molecule has 1 aromatic heterocycles. The quantitative estimate of drug-likeness (QED) is 0.904. The van der Waals surface area contributed by atoms with Gasteiger partial charge in [0.15, 0.2) is 0 Å². The molecule has 1 unspecified atom stereocenters. The van der Waals surface area contributed by atoms with Crippen LogP contribution in [0.3, 0.4) is 0 Å². The zero-order chi connectivity index (χ0) is 13.2. The Morgan fingerprint density at radius 1 is 1.37 bits per heavy atom. The van der Waals surface area contributed by atoms with Gasteiger partial charge in [-0.3, -0.25) is 0 Å². The molecular formula is C15H17ClN2S. The third-order valence-corrected chi connectivity index (χ3v) is 5.09. The lowest BCUT2D eigenvalue weighted by molar-refractivity contribution is 0.271. The molecule has 0 radical (unpaired) electrons. The lowest BCUT2D eigenvalue weighted by Gasteiger charge is -2.38. The van der Waals surface area contributed by atoms with E-state index in [2.05, 4.69) is 29.4 Å². The smallest absolute Gasteiger partial charge is 0.109 e. The molecule has 1 fully saturated rings. The number of hydrogen-bond donors (Lipinski definition) is 1. The van der Waals surface area contributed by atoms with Gasteiger partial charge in [-0.05, 0) is 37.3 Å². The van der Waals surface area contributed by atoms with Crippen molar-refractivity contribution < 1.29 is 0 Å². The monoisotopic (exact) mass is 292 g/mol. The van der Waals surface area contributed by atoms with E-state index >= 15 is 0 Å². The number of benzene rings is 1. The molecule has 4 heteroatoms. The number of halogens is 1. The second kappa shape index (κ2) is 5.61. The average Bonchev–Trinajstić information content (AvgIpc) is 2.88. The lowest BCUT2D eigenvalue weighted by atomic mass is 9.75. The van der Waals surface area contributed by atoms with Crippen LogP contribution in [0.2, 0.25) is 5.02 Å². The normalized spacial score (nSPS) is 23.9. The highest BCUT2D eigenvalue weighted by molar-refractivity contribution is 7.09. The van der Waals surface area contributed by atoms with Crippen LogP contribution < -0.4 is 5.32 Å². The van der Waals surface area contributed by atoms with Gasteiger partial charge in [-0.25, -0.2) is 4.98 Å². The number of aromatic nitrogens is 1. The Hall–Kier alpha value is -0.900. The summed E-state index contributed by atoms with van der Waals surface area (Å²) in [4.78, 5) is 4.35. The van der Waals surface area contributed by atoms with Gasteiger partial charge in [0.1, 0.15) is 5.01 Å². The molecule has 2 aromatic rings. The summed E-state index contributed by atoms with van der Waals surface area (Å²) in [5.41, 5.74) is 1.30. The van der Waals surface area contributed by atoms with Crippen molar-refractivity contribution in [3.05, 3.63) is 51.4 Å². The van der Waals surface area contributed by atoms with Gasteiger partial charge in [-0.15, -0.1) is 11.3 Å². The molecule has 0 amide bonds. The molecule has 1 heterocycles. The molecule has 0 saturated heterocycles. The number of thiazole rings is 1. The summed E-state index contributed by atoms with van der Waals surface area (Å²) in [5.74, 6) is 0.606. The highest BCUT2D eigenvalue weighted by atomic mass is 35.5. The molecule has 3 rings (SSSR count). The SMILES string of the molecule is CC(NC1CC(c2ccccc2Cl)C1)c1nccs1. The van der Waals surface area contributed by atoms with Crippen LogP contribution in [0.1, 0.15) is 42.3 Å². The van der Waals surface area contributed by atoms with Crippen molar-refractivity contribution >= 4 is 22.9 Å². The lowest BCUT2D eigenvalue weighted by Crippen LogP contribution is -2.41. The second-order valence-corrected chi connectivity index (χ2v) is 6.48. The first kappa shape index (κ1) is 13.1. The standard InChI is InChI=1S/C15H17ClN2S/c1-10(15-17-6-7-19-15)18-12-8-11(9-12)13-4-2-3-5-14(13)16/h2-7,10-12,18H,8-9H2,1H3. The topological polar surface area (TPSA) is 24.9 Å². The molecule has 0 spiro atoms. The second-order valence-electron chi connectivity index (χ2n) is 5.15. The van der Waals surface area contributed by atoms with Gasteiger partial charge in [0, 0.05) is 22.6 Å². The minimum atomic E-state index is 0.345. The van der Waals surface area contributed by atoms with Crippen molar-refractivity contribution in [1.82, 2.24) is 10.3 Å². The summed E-state index contributed by atoms with van der Waals surface area (Å²) in [6.07, 6.45) is 4.20. The average molecular weight is 293 g/mol. The van der Waals surface area contributed by atoms with Crippen LogP contribution >= 0.6 is 22.9 Å². The summed E-state index contributed by atoms with van der Waals surface area (Å²) >= 11 is 7.95. The predicted molar refractivity (Wildman–Crippen MR) is 80.9 cm³/mol. The Kier molecular flexibility index (Phi) is 3.87. The zero-order valence-electron chi connectivity index (χ0n) is 10.8. The highest BCUT2D eigenvalue weighted by Gasteiger charge is 2.32. The first-order chi connectivity index (χ1) is 9.24. The third-order valence-electron chi connectivity index (χ3n) is 3.79. The Morgan fingerprint density at radius 3 is 2.84 bits per heavy atom. The number of rotatable bonds is 4. The minimum Gasteiger partial charge on any atom is -0.305 e. The van der Waals surface area contributed by atoms with E-state index in [4.69, 9.17) is 11.6 Å².